The highest BCUT2D eigenvalue weighted by Gasteiger charge is 2.29. The molecule has 23 heavy (non-hydrogen) atoms. The number of piperidine rings is 1. The molecule has 1 amide bonds. The Hall–Kier alpha value is -1.59. The Morgan fingerprint density at radius 1 is 1.22 bits per heavy atom. The maximum Gasteiger partial charge on any atom is 0.320 e. The number of carbonyl (C=O) groups excluding carboxylic acids is 1. The number of benzene rings is 1. The maximum atomic E-state index is 12.3. The quantitative estimate of drug-likeness (QED) is 0.884. The van der Waals surface area contributed by atoms with Gasteiger partial charge >= 0.3 is 5.97 Å². The second-order valence-electron chi connectivity index (χ2n) is 6.14. The molecule has 0 saturated carbocycles. The molecule has 1 aliphatic rings. The van der Waals surface area contributed by atoms with Crippen LogP contribution in [0.2, 0.25) is 0 Å². The van der Waals surface area contributed by atoms with Crippen LogP contribution in [0.3, 0.4) is 0 Å². The molecule has 1 aromatic rings. The summed E-state index contributed by atoms with van der Waals surface area (Å²) in [4.78, 5) is 25.3. The van der Waals surface area contributed by atoms with Gasteiger partial charge in [0.1, 0.15) is 6.04 Å². The van der Waals surface area contributed by atoms with Crippen LogP contribution in [-0.2, 0) is 9.59 Å². The number of hydrogen-bond donors (Lipinski definition) is 2. The molecule has 1 fully saturated rings. The van der Waals surface area contributed by atoms with E-state index in [9.17, 15) is 14.7 Å². The van der Waals surface area contributed by atoms with E-state index in [2.05, 4.69) is 5.32 Å². The van der Waals surface area contributed by atoms with Crippen molar-refractivity contribution in [3.8, 4) is 0 Å². The number of nitrogens with zero attached hydrogens (tertiary/aromatic N) is 1. The molecule has 0 bridgehead atoms. The van der Waals surface area contributed by atoms with Crippen LogP contribution < -0.4 is 5.32 Å². The van der Waals surface area contributed by atoms with Crippen LogP contribution in [0.4, 0.5) is 5.69 Å². The lowest BCUT2D eigenvalue weighted by atomic mass is 10.0. The minimum Gasteiger partial charge on any atom is -0.480 e. The molecule has 128 valence electrons. The van der Waals surface area contributed by atoms with Gasteiger partial charge in [-0.1, -0.05) is 24.1 Å². The van der Waals surface area contributed by atoms with Crippen LogP contribution in [0.15, 0.2) is 12.1 Å². The van der Waals surface area contributed by atoms with Gasteiger partial charge < -0.3 is 10.4 Å². The van der Waals surface area contributed by atoms with Crippen molar-refractivity contribution in [1.29, 1.82) is 0 Å². The average Bonchev–Trinajstić information content (AvgIpc) is 2.43. The summed E-state index contributed by atoms with van der Waals surface area (Å²) in [5.74, 6) is -0.988. The third-order valence-corrected chi connectivity index (χ3v) is 4.19. The summed E-state index contributed by atoms with van der Waals surface area (Å²) >= 11 is 0. The molecule has 5 nitrogen and oxygen atoms in total. The minimum atomic E-state index is -0.838. The van der Waals surface area contributed by atoms with Gasteiger partial charge in [0.15, 0.2) is 0 Å². The van der Waals surface area contributed by atoms with E-state index < -0.39 is 12.0 Å². The molecule has 2 N–H and O–H groups in total. The molecule has 2 rings (SSSR count). The summed E-state index contributed by atoms with van der Waals surface area (Å²) in [7, 11) is 0. The maximum absolute atomic E-state index is 12.3. The van der Waals surface area contributed by atoms with E-state index in [0.717, 1.165) is 35.2 Å². The molecule has 1 heterocycles. The number of carboxylic acid groups (broad SMARTS) is 1. The number of carbonyl (C=O) groups is 2. The lowest BCUT2D eigenvalue weighted by Gasteiger charge is -2.32. The summed E-state index contributed by atoms with van der Waals surface area (Å²) in [6.45, 7) is 6.75. The monoisotopic (exact) mass is 340 g/mol. The molecule has 6 heteroatoms. The van der Waals surface area contributed by atoms with Crippen LogP contribution in [0.1, 0.15) is 36.0 Å². The first-order chi connectivity index (χ1) is 10.4. The zero-order valence-electron chi connectivity index (χ0n) is 13.9. The van der Waals surface area contributed by atoms with Crippen LogP contribution in [-0.4, -0.2) is 41.0 Å². The van der Waals surface area contributed by atoms with Crippen molar-refractivity contribution >= 4 is 30.0 Å². The Balaban J connectivity index is 0.00000264. The molecular weight excluding hydrogens is 316 g/mol. The fourth-order valence-electron chi connectivity index (χ4n) is 3.20. The van der Waals surface area contributed by atoms with Crippen molar-refractivity contribution in [2.75, 3.05) is 18.4 Å². The second-order valence-corrected chi connectivity index (χ2v) is 6.14. The Kier molecular flexibility index (Phi) is 7.03. The van der Waals surface area contributed by atoms with Crippen LogP contribution in [0.25, 0.3) is 0 Å². The summed E-state index contributed by atoms with van der Waals surface area (Å²) < 4.78 is 0. The van der Waals surface area contributed by atoms with Gasteiger partial charge in [-0.15, -0.1) is 12.4 Å². The predicted octanol–water partition coefficient (Wildman–Crippen LogP) is 2.91. The van der Waals surface area contributed by atoms with E-state index in [1.165, 1.54) is 0 Å². The van der Waals surface area contributed by atoms with Crippen LogP contribution in [0.5, 0.6) is 0 Å². The van der Waals surface area contributed by atoms with E-state index in [0.29, 0.717) is 13.0 Å². The standard InChI is InChI=1S/C17H24N2O3.ClH/c1-11-8-12(2)16(13(3)9-11)18-15(20)10-19-7-5-4-6-14(19)17(21)22;/h8-9,14H,4-7,10H2,1-3H3,(H,18,20)(H,21,22);1H. The van der Waals surface area contributed by atoms with Crippen molar-refractivity contribution in [2.24, 2.45) is 0 Å². The molecule has 1 unspecified atom stereocenters. The van der Waals surface area contributed by atoms with Gasteiger partial charge in [-0.25, -0.2) is 0 Å². The lowest BCUT2D eigenvalue weighted by molar-refractivity contribution is -0.145. The number of rotatable bonds is 4. The number of likely N-dealkylation sites (tertiary alicyclic amines) is 1. The van der Waals surface area contributed by atoms with Gasteiger partial charge in [-0.3, -0.25) is 14.5 Å². The number of carboxylic acids is 1. The fraction of sp³-hybridized carbons (Fsp3) is 0.529. The minimum absolute atomic E-state index is 0. The first kappa shape index (κ1) is 19.5. The fourth-order valence-corrected chi connectivity index (χ4v) is 3.20. The number of nitrogens with one attached hydrogen (secondary N) is 1. The molecule has 0 aliphatic carbocycles. The van der Waals surface area contributed by atoms with Crippen molar-refractivity contribution in [1.82, 2.24) is 4.90 Å². The van der Waals surface area contributed by atoms with Crippen molar-refractivity contribution < 1.29 is 14.7 Å². The Morgan fingerprint density at radius 2 is 1.83 bits per heavy atom. The van der Waals surface area contributed by atoms with Crippen LogP contribution >= 0.6 is 12.4 Å². The highest BCUT2D eigenvalue weighted by molar-refractivity contribution is 5.94. The molecule has 1 aromatic carbocycles. The van der Waals surface area contributed by atoms with Crippen molar-refractivity contribution in [2.45, 2.75) is 46.1 Å². The number of amides is 1. The molecular formula is C17H25ClN2O3. The Bertz CT molecular complexity index is 566. The van der Waals surface area contributed by atoms with E-state index in [-0.39, 0.29) is 24.9 Å². The molecule has 0 spiro atoms. The number of aryl methyl sites for hydroxylation is 3. The number of hydrogen-bond acceptors (Lipinski definition) is 3. The highest BCUT2D eigenvalue weighted by atomic mass is 35.5. The zero-order chi connectivity index (χ0) is 16.3. The van der Waals surface area contributed by atoms with Gasteiger partial charge in [-0.05, 0) is 51.3 Å². The summed E-state index contributed by atoms with van der Waals surface area (Å²) in [5.41, 5.74) is 4.05. The van der Waals surface area contributed by atoms with E-state index >= 15 is 0 Å². The largest absolute Gasteiger partial charge is 0.480 e. The SMILES string of the molecule is Cc1cc(C)c(NC(=O)CN2CCCCC2C(=O)O)c(C)c1.Cl. The van der Waals surface area contributed by atoms with E-state index in [1.807, 2.05) is 32.9 Å². The first-order valence-electron chi connectivity index (χ1n) is 7.73. The third-order valence-electron chi connectivity index (χ3n) is 4.19. The van der Waals surface area contributed by atoms with Gasteiger partial charge in [-0.2, -0.15) is 0 Å². The van der Waals surface area contributed by atoms with E-state index in [1.54, 1.807) is 4.90 Å². The number of aliphatic carboxylic acids is 1. The zero-order valence-corrected chi connectivity index (χ0v) is 14.7. The predicted molar refractivity (Wildman–Crippen MR) is 93.4 cm³/mol. The topological polar surface area (TPSA) is 69.6 Å². The number of anilines is 1. The van der Waals surface area contributed by atoms with Crippen molar-refractivity contribution in [3.63, 3.8) is 0 Å². The second kappa shape index (κ2) is 8.31. The molecule has 1 saturated heterocycles. The van der Waals surface area contributed by atoms with Gasteiger partial charge in [0.25, 0.3) is 0 Å². The lowest BCUT2D eigenvalue weighted by Crippen LogP contribution is -2.47. The normalized spacial score (nSPS) is 18.1. The highest BCUT2D eigenvalue weighted by Crippen LogP contribution is 2.22. The molecule has 1 atom stereocenters. The smallest absolute Gasteiger partial charge is 0.320 e. The molecule has 0 radical (unpaired) electrons. The first-order valence-corrected chi connectivity index (χ1v) is 7.73. The Labute approximate surface area is 143 Å². The van der Waals surface area contributed by atoms with Crippen LogP contribution in [0, 0.1) is 20.8 Å². The summed E-state index contributed by atoms with van der Waals surface area (Å²) in [5, 5.41) is 12.2. The molecule has 1 aliphatic heterocycles. The third kappa shape index (κ3) is 4.94. The Morgan fingerprint density at radius 3 is 2.39 bits per heavy atom. The summed E-state index contributed by atoms with van der Waals surface area (Å²) in [6, 6.07) is 3.52. The van der Waals surface area contributed by atoms with Gasteiger partial charge in [0.05, 0.1) is 6.54 Å². The van der Waals surface area contributed by atoms with Gasteiger partial charge in [0, 0.05) is 5.69 Å². The van der Waals surface area contributed by atoms with E-state index in [4.69, 9.17) is 0 Å². The van der Waals surface area contributed by atoms with Gasteiger partial charge in [0.2, 0.25) is 5.91 Å². The molecule has 0 aromatic heterocycles. The summed E-state index contributed by atoms with van der Waals surface area (Å²) in [6.07, 6.45) is 2.47. The number of halogens is 1. The van der Waals surface area contributed by atoms with Crippen molar-refractivity contribution in [3.05, 3.63) is 28.8 Å². The average molecular weight is 341 g/mol.